The molecule has 0 aromatic carbocycles. The maximum absolute atomic E-state index is 6.04. The molecule has 1 fully saturated rings. The van der Waals surface area contributed by atoms with Crippen LogP contribution < -0.4 is 10.1 Å². The van der Waals surface area contributed by atoms with Crippen LogP contribution in [-0.2, 0) is 0 Å². The first-order chi connectivity index (χ1) is 13.2. The number of anilines is 2. The number of hydrogen-bond acceptors (Lipinski definition) is 7. The topological polar surface area (TPSA) is 72.8 Å². The summed E-state index contributed by atoms with van der Waals surface area (Å²) < 4.78 is 6.98. The van der Waals surface area contributed by atoms with Gasteiger partial charge in [0, 0.05) is 22.6 Å². The van der Waals surface area contributed by atoms with Crippen LogP contribution in [-0.4, -0.2) is 26.0 Å². The second-order valence-corrected chi connectivity index (χ2v) is 8.52. The van der Waals surface area contributed by atoms with E-state index in [9.17, 15) is 0 Å². The number of nitrogens with zero attached hydrogens (tertiary/aromatic N) is 4. The molecule has 0 bridgehead atoms. The zero-order valence-electron chi connectivity index (χ0n) is 15.0. The van der Waals surface area contributed by atoms with Crippen molar-refractivity contribution in [2.45, 2.75) is 45.1 Å². The zero-order chi connectivity index (χ0) is 18.6. The highest BCUT2D eigenvalue weighted by atomic mass is 79.9. The summed E-state index contributed by atoms with van der Waals surface area (Å²) in [5, 5.41) is 3.99. The molecule has 3 heterocycles. The van der Waals surface area contributed by atoms with Crippen LogP contribution >= 0.6 is 27.3 Å². The number of aryl methyl sites for hydroxylation is 1. The third kappa shape index (κ3) is 4.81. The summed E-state index contributed by atoms with van der Waals surface area (Å²) in [5.41, 5.74) is 1.73. The molecule has 0 atom stereocenters. The summed E-state index contributed by atoms with van der Waals surface area (Å²) in [6, 6.07) is 6.26. The number of rotatable bonds is 5. The predicted molar refractivity (Wildman–Crippen MR) is 111 cm³/mol. The number of pyridine rings is 1. The van der Waals surface area contributed by atoms with Crippen molar-refractivity contribution in [3.05, 3.63) is 40.8 Å². The van der Waals surface area contributed by atoms with Gasteiger partial charge in [-0.25, -0.2) is 15.0 Å². The maximum Gasteiger partial charge on any atom is 0.317 e. The monoisotopic (exact) mass is 445 g/mol. The highest BCUT2D eigenvalue weighted by Gasteiger charge is 2.17. The molecule has 1 N–H and O–H groups in total. The van der Waals surface area contributed by atoms with Crippen molar-refractivity contribution >= 4 is 38.2 Å². The van der Waals surface area contributed by atoms with Crippen molar-refractivity contribution in [1.29, 1.82) is 0 Å². The molecule has 0 spiro atoms. The highest BCUT2D eigenvalue weighted by molar-refractivity contribution is 9.10. The summed E-state index contributed by atoms with van der Waals surface area (Å²) in [6.45, 7) is 1.96. The zero-order valence-corrected chi connectivity index (χ0v) is 17.4. The molecule has 0 saturated heterocycles. The van der Waals surface area contributed by atoms with E-state index >= 15 is 0 Å². The summed E-state index contributed by atoms with van der Waals surface area (Å²) in [5.74, 6) is 0.749. The number of thiazole rings is 1. The molecular formula is C19H20BrN5OS. The Bertz CT molecular complexity index is 909. The highest BCUT2D eigenvalue weighted by Crippen LogP contribution is 2.31. The Morgan fingerprint density at radius 2 is 1.96 bits per heavy atom. The molecule has 0 radical (unpaired) electrons. The van der Waals surface area contributed by atoms with Gasteiger partial charge < -0.3 is 10.1 Å². The van der Waals surface area contributed by atoms with Crippen molar-refractivity contribution in [2.24, 2.45) is 0 Å². The van der Waals surface area contributed by atoms with E-state index in [4.69, 9.17) is 4.74 Å². The molecule has 1 aliphatic carbocycles. The van der Waals surface area contributed by atoms with Gasteiger partial charge in [-0.1, -0.05) is 17.8 Å². The van der Waals surface area contributed by atoms with Gasteiger partial charge in [-0.05, 0) is 66.7 Å². The van der Waals surface area contributed by atoms with E-state index in [1.165, 1.54) is 30.6 Å². The lowest BCUT2D eigenvalue weighted by Gasteiger charge is -2.21. The number of ether oxygens (including phenoxy) is 1. The van der Waals surface area contributed by atoms with Gasteiger partial charge in [-0.2, -0.15) is 4.98 Å². The molecule has 1 aliphatic rings. The molecule has 0 amide bonds. The summed E-state index contributed by atoms with van der Waals surface area (Å²) in [7, 11) is 0. The van der Waals surface area contributed by atoms with Gasteiger partial charge in [0.05, 0.1) is 10.6 Å². The molecule has 27 heavy (non-hydrogen) atoms. The molecule has 3 aromatic heterocycles. The molecule has 0 unspecified atom stereocenters. The van der Waals surface area contributed by atoms with Crippen LogP contribution in [0, 0.1) is 6.92 Å². The minimum atomic E-state index is 0.232. The Balaban J connectivity index is 1.51. The molecule has 4 rings (SSSR count). The van der Waals surface area contributed by atoms with Gasteiger partial charge in [-0.15, -0.1) is 0 Å². The third-order valence-corrected chi connectivity index (χ3v) is 5.78. The van der Waals surface area contributed by atoms with Gasteiger partial charge in [-0.3, -0.25) is 0 Å². The van der Waals surface area contributed by atoms with E-state index in [2.05, 4.69) is 41.2 Å². The van der Waals surface area contributed by atoms with Crippen LogP contribution in [0.1, 0.15) is 37.8 Å². The van der Waals surface area contributed by atoms with Crippen LogP contribution in [0.15, 0.2) is 35.1 Å². The Morgan fingerprint density at radius 3 is 2.74 bits per heavy atom. The SMILES string of the molecule is Cc1cc(-c2cnc(Nc3ccc(Br)cn3)s2)nc(OC2CCCCC2)n1. The van der Waals surface area contributed by atoms with E-state index in [-0.39, 0.29) is 6.10 Å². The average molecular weight is 446 g/mol. The normalized spacial score (nSPS) is 14.9. The van der Waals surface area contributed by atoms with Gasteiger partial charge in [0.25, 0.3) is 0 Å². The molecule has 3 aromatic rings. The fourth-order valence-electron chi connectivity index (χ4n) is 3.06. The molecular weight excluding hydrogens is 426 g/mol. The third-order valence-electron chi connectivity index (χ3n) is 4.38. The lowest BCUT2D eigenvalue weighted by Crippen LogP contribution is -2.21. The maximum atomic E-state index is 6.04. The first-order valence-electron chi connectivity index (χ1n) is 9.03. The molecule has 6 nitrogen and oxygen atoms in total. The van der Waals surface area contributed by atoms with Crippen LogP contribution in [0.25, 0.3) is 10.6 Å². The van der Waals surface area contributed by atoms with Gasteiger partial charge in [0.1, 0.15) is 11.9 Å². The number of nitrogens with one attached hydrogen (secondary N) is 1. The minimum Gasteiger partial charge on any atom is -0.460 e. The summed E-state index contributed by atoms with van der Waals surface area (Å²) in [4.78, 5) is 18.8. The standard InChI is InChI=1S/C19H20BrN5OS/c1-12-9-15(24-18(23-12)26-14-5-3-2-4-6-14)16-11-22-19(27-16)25-17-8-7-13(20)10-21-17/h7-11,14H,2-6H2,1H3,(H,21,22,25). The summed E-state index contributed by atoms with van der Waals surface area (Å²) >= 11 is 4.91. The van der Waals surface area contributed by atoms with Crippen molar-refractivity contribution < 1.29 is 4.74 Å². The largest absolute Gasteiger partial charge is 0.460 e. The fourth-order valence-corrected chi connectivity index (χ4v) is 4.08. The summed E-state index contributed by atoms with van der Waals surface area (Å²) in [6.07, 6.45) is 9.70. The average Bonchev–Trinajstić information content (AvgIpc) is 3.13. The van der Waals surface area contributed by atoms with Gasteiger partial charge in [0.15, 0.2) is 5.13 Å². The van der Waals surface area contributed by atoms with E-state index in [0.29, 0.717) is 6.01 Å². The minimum absolute atomic E-state index is 0.232. The lowest BCUT2D eigenvalue weighted by molar-refractivity contribution is 0.142. The van der Waals surface area contributed by atoms with E-state index in [0.717, 1.165) is 44.5 Å². The smallest absolute Gasteiger partial charge is 0.317 e. The Labute approximate surface area is 170 Å². The quantitative estimate of drug-likeness (QED) is 0.556. The van der Waals surface area contributed by atoms with E-state index < -0.39 is 0 Å². The van der Waals surface area contributed by atoms with Gasteiger partial charge >= 0.3 is 6.01 Å². The second kappa shape index (κ2) is 8.31. The van der Waals surface area contributed by atoms with E-state index in [1.54, 1.807) is 6.20 Å². The number of aromatic nitrogens is 4. The first-order valence-corrected chi connectivity index (χ1v) is 10.6. The lowest BCUT2D eigenvalue weighted by atomic mass is 9.98. The molecule has 0 aliphatic heterocycles. The Kier molecular flexibility index (Phi) is 5.63. The van der Waals surface area contributed by atoms with E-state index in [1.807, 2.05) is 31.3 Å². The number of halogens is 1. The van der Waals surface area contributed by atoms with Crippen molar-refractivity contribution in [3.63, 3.8) is 0 Å². The fraction of sp³-hybridized carbons (Fsp3) is 0.368. The van der Waals surface area contributed by atoms with Crippen molar-refractivity contribution in [3.8, 4) is 16.6 Å². The molecule has 8 heteroatoms. The first kappa shape index (κ1) is 18.3. The Morgan fingerprint density at radius 1 is 1.11 bits per heavy atom. The predicted octanol–water partition coefficient (Wildman–Crippen LogP) is 5.52. The van der Waals surface area contributed by atoms with Crippen LogP contribution in [0.5, 0.6) is 6.01 Å². The van der Waals surface area contributed by atoms with Crippen LogP contribution in [0.2, 0.25) is 0 Å². The van der Waals surface area contributed by atoms with Crippen LogP contribution in [0.3, 0.4) is 0 Å². The van der Waals surface area contributed by atoms with Crippen molar-refractivity contribution in [2.75, 3.05) is 5.32 Å². The van der Waals surface area contributed by atoms with Gasteiger partial charge in [0.2, 0.25) is 0 Å². The molecule has 140 valence electrons. The second-order valence-electron chi connectivity index (χ2n) is 6.57. The van der Waals surface area contributed by atoms with Crippen LogP contribution in [0.4, 0.5) is 10.9 Å². The van der Waals surface area contributed by atoms with Crippen molar-refractivity contribution in [1.82, 2.24) is 19.9 Å². The molecule has 1 saturated carbocycles. The number of hydrogen-bond donors (Lipinski definition) is 1. The Hall–Kier alpha value is -2.06.